The summed E-state index contributed by atoms with van der Waals surface area (Å²) in [4.78, 5) is 19.4. The Balaban J connectivity index is 1.98. The molecule has 16 heavy (non-hydrogen) atoms. The van der Waals surface area contributed by atoms with Gasteiger partial charge in [0.2, 0.25) is 5.91 Å². The van der Waals surface area contributed by atoms with E-state index in [9.17, 15) is 4.79 Å². The van der Waals surface area contributed by atoms with Crippen LogP contribution in [0.15, 0.2) is 12.4 Å². The number of nitrogens with zero attached hydrogens (tertiary/aromatic N) is 2. The molecule has 2 heterocycles. The van der Waals surface area contributed by atoms with Crippen molar-refractivity contribution in [3.63, 3.8) is 0 Å². The lowest BCUT2D eigenvalue weighted by Crippen LogP contribution is -2.23. The van der Waals surface area contributed by atoms with Gasteiger partial charge in [0, 0.05) is 24.7 Å². The third kappa shape index (κ3) is 2.68. The molecule has 0 aliphatic carbocycles. The lowest BCUT2D eigenvalue weighted by molar-refractivity contribution is -0.119. The zero-order chi connectivity index (χ0) is 11.4. The van der Waals surface area contributed by atoms with Crippen LogP contribution in [-0.2, 0) is 11.2 Å². The van der Waals surface area contributed by atoms with E-state index in [1.54, 1.807) is 6.33 Å². The molecule has 1 amide bonds. The van der Waals surface area contributed by atoms with Gasteiger partial charge in [-0.05, 0) is 6.42 Å². The van der Waals surface area contributed by atoms with E-state index in [0.29, 0.717) is 13.0 Å². The Labute approximate surface area is 94.7 Å². The van der Waals surface area contributed by atoms with Crippen LogP contribution in [0.5, 0.6) is 0 Å². The Morgan fingerprint density at radius 2 is 2.44 bits per heavy atom. The number of hydrogen-bond acceptors (Lipinski definition) is 4. The minimum atomic E-state index is 0.0975. The first-order valence-corrected chi connectivity index (χ1v) is 5.62. The van der Waals surface area contributed by atoms with Crippen LogP contribution in [0.3, 0.4) is 0 Å². The number of anilines is 1. The van der Waals surface area contributed by atoms with E-state index in [0.717, 1.165) is 24.4 Å². The van der Waals surface area contributed by atoms with E-state index < -0.39 is 0 Å². The Kier molecular flexibility index (Phi) is 3.34. The predicted molar refractivity (Wildman–Crippen MR) is 61.1 cm³/mol. The lowest BCUT2D eigenvalue weighted by Gasteiger charge is -2.11. The van der Waals surface area contributed by atoms with Crippen LogP contribution in [0.1, 0.15) is 25.5 Å². The van der Waals surface area contributed by atoms with Gasteiger partial charge in [0.25, 0.3) is 0 Å². The number of amides is 1. The Bertz CT molecular complexity index is 380. The molecule has 1 aromatic heterocycles. The second-order valence-electron chi connectivity index (χ2n) is 3.99. The van der Waals surface area contributed by atoms with Gasteiger partial charge < -0.3 is 10.6 Å². The van der Waals surface area contributed by atoms with Gasteiger partial charge >= 0.3 is 0 Å². The van der Waals surface area contributed by atoms with Crippen molar-refractivity contribution in [3.8, 4) is 0 Å². The molecule has 1 atom stereocenters. The number of aromatic nitrogens is 2. The van der Waals surface area contributed by atoms with Gasteiger partial charge in [-0.3, -0.25) is 4.79 Å². The highest BCUT2D eigenvalue weighted by atomic mass is 16.1. The van der Waals surface area contributed by atoms with Crippen molar-refractivity contribution in [2.24, 2.45) is 0 Å². The van der Waals surface area contributed by atoms with Crippen molar-refractivity contribution in [1.29, 1.82) is 0 Å². The maximum atomic E-state index is 11.0. The number of aryl methyl sites for hydroxylation is 1. The van der Waals surface area contributed by atoms with Crippen molar-refractivity contribution in [1.82, 2.24) is 15.3 Å². The zero-order valence-corrected chi connectivity index (χ0v) is 9.36. The first-order valence-electron chi connectivity index (χ1n) is 5.62. The smallest absolute Gasteiger partial charge is 0.222 e. The molecule has 1 saturated heterocycles. The summed E-state index contributed by atoms with van der Waals surface area (Å²) in [7, 11) is 0. The summed E-state index contributed by atoms with van der Waals surface area (Å²) in [5, 5.41) is 6.02. The van der Waals surface area contributed by atoms with Gasteiger partial charge in [-0.1, -0.05) is 13.3 Å². The Morgan fingerprint density at radius 3 is 3.12 bits per heavy atom. The van der Waals surface area contributed by atoms with Crippen LogP contribution >= 0.6 is 0 Å². The molecule has 2 rings (SSSR count). The predicted octanol–water partition coefficient (Wildman–Crippen LogP) is 0.729. The molecule has 5 nitrogen and oxygen atoms in total. The summed E-state index contributed by atoms with van der Waals surface area (Å²) in [6.07, 6.45) is 4.11. The molecule has 0 bridgehead atoms. The topological polar surface area (TPSA) is 66.9 Å². The van der Waals surface area contributed by atoms with Crippen molar-refractivity contribution in [3.05, 3.63) is 18.1 Å². The molecule has 1 aliphatic rings. The van der Waals surface area contributed by atoms with Gasteiger partial charge in [0.1, 0.15) is 12.1 Å². The highest BCUT2D eigenvalue weighted by Gasteiger charge is 2.21. The fourth-order valence-corrected chi connectivity index (χ4v) is 1.79. The van der Waals surface area contributed by atoms with Gasteiger partial charge in [0.05, 0.1) is 6.04 Å². The van der Waals surface area contributed by atoms with E-state index in [1.165, 1.54) is 0 Å². The molecular formula is C11H16N4O. The highest BCUT2D eigenvalue weighted by Crippen LogP contribution is 2.10. The van der Waals surface area contributed by atoms with Crippen molar-refractivity contribution >= 4 is 11.7 Å². The fraction of sp³-hybridized carbons (Fsp3) is 0.545. The van der Waals surface area contributed by atoms with E-state index in [-0.39, 0.29) is 11.9 Å². The average molecular weight is 220 g/mol. The number of nitrogens with one attached hydrogen (secondary N) is 2. The van der Waals surface area contributed by atoms with Crippen LogP contribution < -0.4 is 10.6 Å². The van der Waals surface area contributed by atoms with Crippen LogP contribution in [0.2, 0.25) is 0 Å². The van der Waals surface area contributed by atoms with Gasteiger partial charge in [-0.25, -0.2) is 9.97 Å². The second kappa shape index (κ2) is 4.92. The van der Waals surface area contributed by atoms with Gasteiger partial charge in [-0.2, -0.15) is 0 Å². The summed E-state index contributed by atoms with van der Waals surface area (Å²) >= 11 is 0. The molecule has 1 aliphatic heterocycles. The normalized spacial score (nSPS) is 19.6. The third-order valence-corrected chi connectivity index (χ3v) is 2.56. The molecule has 0 saturated carbocycles. The molecule has 0 spiro atoms. The van der Waals surface area contributed by atoms with Crippen LogP contribution in [0.4, 0.5) is 5.82 Å². The highest BCUT2D eigenvalue weighted by molar-refractivity contribution is 5.79. The van der Waals surface area contributed by atoms with Crippen molar-refractivity contribution in [2.75, 3.05) is 11.9 Å². The second-order valence-corrected chi connectivity index (χ2v) is 3.99. The fourth-order valence-electron chi connectivity index (χ4n) is 1.79. The zero-order valence-electron chi connectivity index (χ0n) is 9.36. The summed E-state index contributed by atoms with van der Waals surface area (Å²) in [6, 6.07) is 2.10. The van der Waals surface area contributed by atoms with Crippen LogP contribution in [-0.4, -0.2) is 28.5 Å². The molecule has 0 aromatic carbocycles. The van der Waals surface area contributed by atoms with E-state index in [2.05, 4.69) is 27.5 Å². The molecule has 1 unspecified atom stereocenters. The quantitative estimate of drug-likeness (QED) is 0.785. The maximum Gasteiger partial charge on any atom is 0.222 e. The molecule has 86 valence electrons. The van der Waals surface area contributed by atoms with E-state index in [4.69, 9.17) is 0 Å². The molecule has 0 radical (unpaired) electrons. The Morgan fingerprint density at radius 1 is 1.56 bits per heavy atom. The van der Waals surface area contributed by atoms with Crippen LogP contribution in [0.25, 0.3) is 0 Å². The van der Waals surface area contributed by atoms with Gasteiger partial charge in [-0.15, -0.1) is 0 Å². The van der Waals surface area contributed by atoms with Gasteiger partial charge in [0.15, 0.2) is 0 Å². The first-order chi connectivity index (χ1) is 7.78. The average Bonchev–Trinajstić information content (AvgIpc) is 2.65. The third-order valence-electron chi connectivity index (χ3n) is 2.56. The number of carbonyl (C=O) groups excluding carboxylic acids is 1. The minimum Gasteiger partial charge on any atom is -0.365 e. The molecule has 5 heteroatoms. The standard InChI is InChI=1S/C11H16N4O/c1-2-3-8-4-10(14-7-13-8)15-9-5-11(16)12-6-9/h4,7,9H,2-3,5-6H2,1H3,(H,12,16)(H,13,14,15). The molecule has 2 N–H and O–H groups in total. The number of rotatable bonds is 4. The summed E-state index contributed by atoms with van der Waals surface area (Å²) in [5.74, 6) is 0.903. The largest absolute Gasteiger partial charge is 0.365 e. The lowest BCUT2D eigenvalue weighted by atomic mass is 10.2. The SMILES string of the molecule is CCCc1cc(NC2CNC(=O)C2)ncn1. The minimum absolute atomic E-state index is 0.0975. The van der Waals surface area contributed by atoms with E-state index >= 15 is 0 Å². The van der Waals surface area contributed by atoms with Crippen LogP contribution in [0, 0.1) is 0 Å². The monoisotopic (exact) mass is 220 g/mol. The number of hydrogen-bond donors (Lipinski definition) is 2. The summed E-state index contributed by atoms with van der Waals surface area (Å²) in [5.41, 5.74) is 1.04. The first kappa shape index (κ1) is 10.9. The van der Waals surface area contributed by atoms with Crippen molar-refractivity contribution in [2.45, 2.75) is 32.2 Å². The maximum absolute atomic E-state index is 11.0. The molecule has 1 fully saturated rings. The van der Waals surface area contributed by atoms with E-state index in [1.807, 2.05) is 6.07 Å². The molecule has 1 aromatic rings. The van der Waals surface area contributed by atoms with Crippen molar-refractivity contribution < 1.29 is 4.79 Å². The summed E-state index contributed by atoms with van der Waals surface area (Å²) < 4.78 is 0. The Hall–Kier alpha value is -1.65. The summed E-state index contributed by atoms with van der Waals surface area (Å²) in [6.45, 7) is 2.79. The molecular weight excluding hydrogens is 204 g/mol. The number of carbonyl (C=O) groups is 1.